The molecule has 0 aromatic heterocycles. The number of carbonyl (C=O) groups is 1. The second-order valence-electron chi connectivity index (χ2n) is 5.05. The Bertz CT molecular complexity index is 768. The van der Waals surface area contributed by atoms with Crippen LogP contribution in [-0.4, -0.2) is 20.1 Å². The Balaban J connectivity index is 2.28. The van der Waals surface area contributed by atoms with E-state index >= 15 is 0 Å². The minimum absolute atomic E-state index is 0.149. The molecular weight excluding hydrogens is 340 g/mol. The van der Waals surface area contributed by atoms with Crippen LogP contribution in [0.5, 0.6) is 11.5 Å². The van der Waals surface area contributed by atoms with Gasteiger partial charge in [0.2, 0.25) is 0 Å². The molecule has 4 nitrogen and oxygen atoms in total. The van der Waals surface area contributed by atoms with E-state index in [4.69, 9.17) is 21.1 Å². The van der Waals surface area contributed by atoms with Crippen LogP contribution >= 0.6 is 11.6 Å². The molecule has 0 aliphatic carbocycles. The van der Waals surface area contributed by atoms with E-state index < -0.39 is 23.6 Å². The van der Waals surface area contributed by atoms with Gasteiger partial charge in [-0.25, -0.2) is 8.78 Å². The van der Waals surface area contributed by atoms with E-state index in [0.29, 0.717) is 17.1 Å². The summed E-state index contributed by atoms with van der Waals surface area (Å²) in [4.78, 5) is 12.3. The van der Waals surface area contributed by atoms with Crippen LogP contribution in [0.15, 0.2) is 30.3 Å². The van der Waals surface area contributed by atoms with Gasteiger partial charge in [-0.15, -0.1) is 0 Å². The van der Waals surface area contributed by atoms with Crippen LogP contribution in [0, 0.1) is 11.6 Å². The minimum atomic E-state index is -1.14. The van der Waals surface area contributed by atoms with Crippen molar-refractivity contribution in [2.75, 3.05) is 14.2 Å². The topological polar surface area (TPSA) is 47.6 Å². The van der Waals surface area contributed by atoms with E-state index in [-0.39, 0.29) is 10.6 Å². The van der Waals surface area contributed by atoms with Crippen molar-refractivity contribution in [3.8, 4) is 11.5 Å². The Morgan fingerprint density at radius 1 is 1.12 bits per heavy atom. The largest absolute Gasteiger partial charge is 0.497 e. The standard InChI is InChI=1S/C17H16ClF2NO3/c1-9(11-6-10(23-2)4-5-16(11)24-3)21-17(22)12-7-14(19)15(20)8-13(12)18/h4-9H,1-3H3,(H,21,22). The summed E-state index contributed by atoms with van der Waals surface area (Å²) in [5, 5.41) is 2.51. The maximum atomic E-state index is 13.3. The number of hydrogen-bond donors (Lipinski definition) is 1. The van der Waals surface area contributed by atoms with E-state index in [9.17, 15) is 13.6 Å². The Morgan fingerprint density at radius 3 is 2.42 bits per heavy atom. The van der Waals surface area contributed by atoms with Gasteiger partial charge in [-0.05, 0) is 37.3 Å². The first-order valence-electron chi connectivity index (χ1n) is 7.04. The van der Waals surface area contributed by atoms with E-state index in [2.05, 4.69) is 5.32 Å². The Morgan fingerprint density at radius 2 is 1.79 bits per heavy atom. The van der Waals surface area contributed by atoms with Crippen molar-refractivity contribution in [1.82, 2.24) is 5.32 Å². The van der Waals surface area contributed by atoms with Crippen molar-refractivity contribution in [3.63, 3.8) is 0 Å². The number of halogens is 3. The fraction of sp³-hybridized carbons (Fsp3) is 0.235. The fourth-order valence-corrected chi connectivity index (χ4v) is 2.46. The average molecular weight is 356 g/mol. The third kappa shape index (κ3) is 3.76. The molecule has 0 heterocycles. The molecule has 1 unspecified atom stereocenters. The zero-order valence-corrected chi connectivity index (χ0v) is 14.1. The molecule has 24 heavy (non-hydrogen) atoms. The first-order valence-corrected chi connectivity index (χ1v) is 7.42. The van der Waals surface area contributed by atoms with Crippen molar-refractivity contribution < 1.29 is 23.0 Å². The van der Waals surface area contributed by atoms with Gasteiger partial charge in [0.25, 0.3) is 5.91 Å². The highest BCUT2D eigenvalue weighted by Gasteiger charge is 2.19. The summed E-state index contributed by atoms with van der Waals surface area (Å²) in [5.41, 5.74) is 0.521. The molecule has 0 saturated carbocycles. The zero-order valence-electron chi connectivity index (χ0n) is 13.3. The number of methoxy groups -OCH3 is 2. The highest BCUT2D eigenvalue weighted by atomic mass is 35.5. The molecule has 0 bridgehead atoms. The van der Waals surface area contributed by atoms with Gasteiger partial charge in [0.1, 0.15) is 11.5 Å². The van der Waals surface area contributed by atoms with E-state index in [1.54, 1.807) is 25.1 Å². The number of amides is 1. The van der Waals surface area contributed by atoms with Crippen molar-refractivity contribution >= 4 is 17.5 Å². The second kappa shape index (κ2) is 7.49. The van der Waals surface area contributed by atoms with E-state index in [1.165, 1.54) is 14.2 Å². The molecule has 1 N–H and O–H groups in total. The molecule has 0 radical (unpaired) electrons. The Kier molecular flexibility index (Phi) is 5.62. The van der Waals surface area contributed by atoms with Gasteiger partial charge in [-0.1, -0.05) is 11.6 Å². The molecule has 0 fully saturated rings. The van der Waals surface area contributed by atoms with Gasteiger partial charge >= 0.3 is 0 Å². The summed E-state index contributed by atoms with van der Waals surface area (Å²) in [6, 6.07) is 6.21. The summed E-state index contributed by atoms with van der Waals surface area (Å²) >= 11 is 5.82. The van der Waals surface area contributed by atoms with Crippen LogP contribution in [0.4, 0.5) is 8.78 Å². The van der Waals surface area contributed by atoms with Crippen molar-refractivity contribution in [3.05, 3.63) is 58.1 Å². The number of benzene rings is 2. The maximum Gasteiger partial charge on any atom is 0.253 e. The highest BCUT2D eigenvalue weighted by Crippen LogP contribution is 2.30. The Hall–Kier alpha value is -2.34. The van der Waals surface area contributed by atoms with E-state index in [0.717, 1.165) is 12.1 Å². The van der Waals surface area contributed by atoms with E-state index in [1.807, 2.05) is 0 Å². The van der Waals surface area contributed by atoms with Crippen LogP contribution in [0.25, 0.3) is 0 Å². The lowest BCUT2D eigenvalue weighted by Gasteiger charge is -2.18. The van der Waals surface area contributed by atoms with Crippen LogP contribution in [-0.2, 0) is 0 Å². The Labute approximate surface area is 143 Å². The molecular formula is C17H16ClF2NO3. The summed E-state index contributed by atoms with van der Waals surface area (Å²) in [7, 11) is 3.03. The molecule has 7 heteroatoms. The van der Waals surface area contributed by atoms with Crippen molar-refractivity contribution in [2.24, 2.45) is 0 Å². The second-order valence-corrected chi connectivity index (χ2v) is 5.46. The highest BCUT2D eigenvalue weighted by molar-refractivity contribution is 6.33. The summed E-state index contributed by atoms with van der Waals surface area (Å²) in [5.74, 6) is -1.73. The quantitative estimate of drug-likeness (QED) is 0.820. The van der Waals surface area contributed by atoms with Crippen LogP contribution in [0.1, 0.15) is 28.9 Å². The maximum absolute atomic E-state index is 13.3. The van der Waals surface area contributed by atoms with Gasteiger partial charge in [0.15, 0.2) is 11.6 Å². The van der Waals surface area contributed by atoms with Crippen molar-refractivity contribution in [2.45, 2.75) is 13.0 Å². The predicted octanol–water partition coefficient (Wildman–Crippen LogP) is 4.13. The molecule has 0 aliphatic heterocycles. The molecule has 2 aromatic carbocycles. The molecule has 0 spiro atoms. The lowest BCUT2D eigenvalue weighted by atomic mass is 10.1. The summed E-state index contributed by atoms with van der Waals surface area (Å²) in [6.45, 7) is 1.73. The molecule has 0 aliphatic rings. The van der Waals surface area contributed by atoms with Crippen LogP contribution in [0.3, 0.4) is 0 Å². The van der Waals surface area contributed by atoms with Gasteiger partial charge in [-0.2, -0.15) is 0 Å². The minimum Gasteiger partial charge on any atom is -0.497 e. The first-order chi connectivity index (χ1) is 11.4. The predicted molar refractivity (Wildman–Crippen MR) is 86.8 cm³/mol. The fourth-order valence-electron chi connectivity index (χ4n) is 2.23. The lowest BCUT2D eigenvalue weighted by Crippen LogP contribution is -2.27. The number of ether oxygens (including phenoxy) is 2. The lowest BCUT2D eigenvalue weighted by molar-refractivity contribution is 0.0939. The molecule has 128 valence electrons. The SMILES string of the molecule is COc1ccc(OC)c(C(C)NC(=O)c2cc(F)c(F)cc2Cl)c1. The zero-order chi connectivity index (χ0) is 17.9. The van der Waals surface area contributed by atoms with Gasteiger partial charge in [0, 0.05) is 5.56 Å². The van der Waals surface area contributed by atoms with Gasteiger partial charge in [-0.3, -0.25) is 4.79 Å². The number of nitrogens with one attached hydrogen (secondary N) is 1. The van der Waals surface area contributed by atoms with Gasteiger partial charge < -0.3 is 14.8 Å². The summed E-state index contributed by atoms with van der Waals surface area (Å²) < 4.78 is 36.9. The normalized spacial score (nSPS) is 11.8. The number of carbonyl (C=O) groups excluding carboxylic acids is 1. The van der Waals surface area contributed by atoms with Crippen LogP contribution in [0.2, 0.25) is 5.02 Å². The number of hydrogen-bond acceptors (Lipinski definition) is 3. The van der Waals surface area contributed by atoms with Crippen LogP contribution < -0.4 is 14.8 Å². The number of rotatable bonds is 5. The van der Waals surface area contributed by atoms with Crippen molar-refractivity contribution in [1.29, 1.82) is 0 Å². The third-order valence-corrected chi connectivity index (χ3v) is 3.82. The molecule has 2 aromatic rings. The molecule has 2 rings (SSSR count). The van der Waals surface area contributed by atoms with Gasteiger partial charge in [0.05, 0.1) is 30.8 Å². The average Bonchev–Trinajstić information content (AvgIpc) is 2.57. The first kappa shape index (κ1) is 18.0. The molecule has 1 amide bonds. The smallest absolute Gasteiger partial charge is 0.253 e. The monoisotopic (exact) mass is 355 g/mol. The third-order valence-electron chi connectivity index (χ3n) is 3.51. The summed E-state index contributed by atoms with van der Waals surface area (Å²) in [6.07, 6.45) is 0. The molecule has 1 atom stereocenters. The molecule has 0 saturated heterocycles.